The van der Waals surface area contributed by atoms with Gasteiger partial charge in [-0.1, -0.05) is 48.5 Å². The average molecular weight is 575 g/mol. The Hall–Kier alpha value is -3.82. The van der Waals surface area contributed by atoms with Crippen molar-refractivity contribution in [1.29, 1.82) is 0 Å². The maximum atomic E-state index is 13.6. The fourth-order valence-electron chi connectivity index (χ4n) is 5.91. The molecule has 2 fully saturated rings. The van der Waals surface area contributed by atoms with Gasteiger partial charge in [0, 0.05) is 47.7 Å². The van der Waals surface area contributed by atoms with E-state index in [1.165, 1.54) is 4.90 Å². The molecule has 10 heteroatoms. The molecule has 0 aliphatic carbocycles. The molecule has 2 aliphatic rings. The van der Waals surface area contributed by atoms with Crippen molar-refractivity contribution >= 4 is 45.1 Å². The van der Waals surface area contributed by atoms with E-state index in [2.05, 4.69) is 23.4 Å². The Morgan fingerprint density at radius 1 is 1.10 bits per heavy atom. The van der Waals surface area contributed by atoms with Crippen LogP contribution in [-0.4, -0.2) is 82.6 Å². The summed E-state index contributed by atoms with van der Waals surface area (Å²) >= 11 is 6.63. The van der Waals surface area contributed by atoms with Gasteiger partial charge in [0.15, 0.2) is 11.5 Å². The highest BCUT2D eigenvalue weighted by Gasteiger charge is 2.31. The fourth-order valence-corrected chi connectivity index (χ4v) is 6.19. The fraction of sp³-hybridized carbons (Fsp3) is 0.355. The van der Waals surface area contributed by atoms with Crippen LogP contribution < -0.4 is 9.64 Å². The molecular formula is C31H32ClFN6O2. The van der Waals surface area contributed by atoms with Crippen LogP contribution in [0.1, 0.15) is 19.8 Å². The molecule has 2 aliphatic heterocycles. The number of hydrogen-bond acceptors (Lipinski definition) is 7. The van der Waals surface area contributed by atoms with Crippen LogP contribution in [0.25, 0.3) is 33.1 Å². The monoisotopic (exact) mass is 574 g/mol. The van der Waals surface area contributed by atoms with Crippen molar-refractivity contribution < 1.29 is 13.9 Å². The third-order valence-electron chi connectivity index (χ3n) is 8.14. The third-order valence-corrected chi connectivity index (χ3v) is 8.46. The van der Waals surface area contributed by atoms with E-state index in [4.69, 9.17) is 31.3 Å². The molecule has 1 amide bonds. The van der Waals surface area contributed by atoms with E-state index >= 15 is 0 Å². The van der Waals surface area contributed by atoms with Gasteiger partial charge >= 0.3 is 6.01 Å². The standard InChI is InChI=1S/C31H32ClFN6O2/c1-19-17-38(30(40)20(2)33)15-16-39(19)29-24-12-13-26(23-10-4-7-21-8-5-11-25(32)27(21)23)34-28(24)35-31(36-29)41-18-22-9-6-14-37(22)3/h4-5,7-8,10-13,19,22H,2,6,9,14-18H2,1,3H3. The lowest BCUT2D eigenvalue weighted by atomic mass is 10.0. The number of halogens is 2. The summed E-state index contributed by atoms with van der Waals surface area (Å²) in [6.07, 6.45) is 2.20. The molecule has 2 unspecified atom stereocenters. The predicted molar refractivity (Wildman–Crippen MR) is 160 cm³/mol. The lowest BCUT2D eigenvalue weighted by molar-refractivity contribution is -0.129. The third kappa shape index (κ3) is 5.31. The molecule has 0 radical (unpaired) electrons. The van der Waals surface area contributed by atoms with Crippen molar-refractivity contribution in [1.82, 2.24) is 24.8 Å². The van der Waals surface area contributed by atoms with Gasteiger partial charge in [-0.3, -0.25) is 4.79 Å². The molecule has 2 atom stereocenters. The Labute approximate surface area is 243 Å². The lowest BCUT2D eigenvalue weighted by Crippen LogP contribution is -2.54. The molecule has 6 rings (SSSR count). The summed E-state index contributed by atoms with van der Waals surface area (Å²) in [5.74, 6) is -0.941. The first-order chi connectivity index (χ1) is 19.8. The summed E-state index contributed by atoms with van der Waals surface area (Å²) in [6, 6.07) is 16.2. The molecule has 2 aromatic heterocycles. The summed E-state index contributed by atoms with van der Waals surface area (Å²) < 4.78 is 19.8. The van der Waals surface area contributed by atoms with Crippen LogP contribution in [0.2, 0.25) is 5.02 Å². The zero-order chi connectivity index (χ0) is 28.7. The second-order valence-corrected chi connectivity index (χ2v) is 11.2. The van der Waals surface area contributed by atoms with E-state index in [9.17, 15) is 9.18 Å². The number of aromatic nitrogens is 3. The number of amides is 1. The number of benzene rings is 2. The first kappa shape index (κ1) is 27.4. The van der Waals surface area contributed by atoms with Crippen molar-refractivity contribution in [3.05, 3.63) is 66.0 Å². The summed E-state index contributed by atoms with van der Waals surface area (Å²) in [5, 5.41) is 3.39. The van der Waals surface area contributed by atoms with Crippen molar-refractivity contribution in [2.45, 2.75) is 31.8 Å². The van der Waals surface area contributed by atoms with E-state index in [0.29, 0.717) is 48.8 Å². The Kier molecular flexibility index (Phi) is 7.48. The number of piperazine rings is 1. The summed E-state index contributed by atoms with van der Waals surface area (Å²) in [6.45, 7) is 7.85. The van der Waals surface area contributed by atoms with Gasteiger partial charge in [0.1, 0.15) is 12.4 Å². The van der Waals surface area contributed by atoms with E-state index in [1.54, 1.807) is 0 Å². The van der Waals surface area contributed by atoms with Gasteiger partial charge in [0.05, 0.1) is 11.1 Å². The number of hydrogen-bond donors (Lipinski definition) is 0. The first-order valence-electron chi connectivity index (χ1n) is 13.9. The number of pyridine rings is 1. The van der Waals surface area contributed by atoms with E-state index in [1.807, 2.05) is 55.5 Å². The minimum Gasteiger partial charge on any atom is -0.462 e. The summed E-state index contributed by atoms with van der Waals surface area (Å²) in [5.41, 5.74) is 2.17. The SMILES string of the molecule is C=C(F)C(=O)N1CCN(c2nc(OCC3CCCN3C)nc3nc(-c4cccc5cccc(Cl)c45)ccc23)C(C)C1. The van der Waals surface area contributed by atoms with Gasteiger partial charge in [-0.2, -0.15) is 9.97 Å². The lowest BCUT2D eigenvalue weighted by Gasteiger charge is -2.40. The molecule has 8 nitrogen and oxygen atoms in total. The van der Waals surface area contributed by atoms with Crippen molar-refractivity contribution in [2.24, 2.45) is 0 Å². The van der Waals surface area contributed by atoms with E-state index < -0.39 is 11.7 Å². The predicted octanol–water partition coefficient (Wildman–Crippen LogP) is 5.49. The number of carbonyl (C=O) groups excluding carboxylic acids is 1. The van der Waals surface area contributed by atoms with Crippen molar-refractivity contribution in [3.8, 4) is 17.3 Å². The molecule has 4 aromatic rings. The molecule has 0 N–H and O–H groups in total. The van der Waals surface area contributed by atoms with Gasteiger partial charge in [-0.15, -0.1) is 0 Å². The maximum Gasteiger partial charge on any atom is 0.320 e. The van der Waals surface area contributed by atoms with Gasteiger partial charge in [-0.25, -0.2) is 9.37 Å². The minimum atomic E-state index is -0.948. The van der Waals surface area contributed by atoms with Crippen LogP contribution >= 0.6 is 11.6 Å². The van der Waals surface area contributed by atoms with Crippen LogP contribution in [0.5, 0.6) is 6.01 Å². The Bertz CT molecular complexity index is 1640. The van der Waals surface area contributed by atoms with Gasteiger partial charge in [0.2, 0.25) is 0 Å². The van der Waals surface area contributed by atoms with Crippen LogP contribution in [-0.2, 0) is 4.79 Å². The van der Waals surface area contributed by atoms with Crippen molar-refractivity contribution in [3.63, 3.8) is 0 Å². The van der Waals surface area contributed by atoms with Gasteiger partial charge < -0.3 is 19.4 Å². The number of anilines is 1. The van der Waals surface area contributed by atoms with Crippen LogP contribution in [0, 0.1) is 0 Å². The number of ether oxygens (including phenoxy) is 1. The second kappa shape index (κ2) is 11.2. The molecule has 2 aromatic carbocycles. The van der Waals surface area contributed by atoms with Crippen LogP contribution in [0.15, 0.2) is 60.9 Å². The molecule has 0 saturated carbocycles. The summed E-state index contributed by atoms with van der Waals surface area (Å²) in [7, 11) is 2.10. The quantitative estimate of drug-likeness (QED) is 0.282. The van der Waals surface area contributed by atoms with Crippen LogP contribution in [0.3, 0.4) is 0 Å². The summed E-state index contributed by atoms with van der Waals surface area (Å²) in [4.78, 5) is 32.7. The number of likely N-dealkylation sites (tertiary alicyclic amines) is 1. The average Bonchev–Trinajstić information content (AvgIpc) is 3.39. The minimum absolute atomic E-state index is 0.129. The molecule has 212 valence electrons. The maximum absolute atomic E-state index is 13.6. The number of nitrogens with zero attached hydrogens (tertiary/aromatic N) is 6. The Balaban J connectivity index is 1.41. The van der Waals surface area contributed by atoms with E-state index in [0.717, 1.165) is 46.8 Å². The highest BCUT2D eigenvalue weighted by Crippen LogP contribution is 2.35. The zero-order valence-electron chi connectivity index (χ0n) is 23.2. The number of rotatable bonds is 6. The highest BCUT2D eigenvalue weighted by atomic mass is 35.5. The van der Waals surface area contributed by atoms with Crippen molar-refractivity contribution in [2.75, 3.05) is 44.7 Å². The molecule has 4 heterocycles. The number of likely N-dealkylation sites (N-methyl/N-ethyl adjacent to an activating group) is 1. The topological polar surface area (TPSA) is 74.7 Å². The number of fused-ring (bicyclic) bond motifs is 2. The Morgan fingerprint density at radius 2 is 1.90 bits per heavy atom. The second-order valence-electron chi connectivity index (χ2n) is 10.8. The van der Waals surface area contributed by atoms with Gasteiger partial charge in [0.25, 0.3) is 5.91 Å². The molecular weight excluding hydrogens is 543 g/mol. The normalized spacial score (nSPS) is 19.7. The van der Waals surface area contributed by atoms with Crippen LogP contribution in [0.4, 0.5) is 10.2 Å². The molecule has 0 bridgehead atoms. The van der Waals surface area contributed by atoms with E-state index in [-0.39, 0.29) is 12.1 Å². The largest absolute Gasteiger partial charge is 0.462 e. The molecule has 0 spiro atoms. The molecule has 2 saturated heterocycles. The van der Waals surface area contributed by atoms with Gasteiger partial charge in [-0.05, 0) is 56.9 Å². The Morgan fingerprint density at radius 3 is 2.63 bits per heavy atom. The zero-order valence-corrected chi connectivity index (χ0v) is 23.9. The number of carbonyl (C=O) groups is 1. The first-order valence-corrected chi connectivity index (χ1v) is 14.3. The highest BCUT2D eigenvalue weighted by molar-refractivity contribution is 6.36. The molecule has 41 heavy (non-hydrogen) atoms. The smallest absolute Gasteiger partial charge is 0.320 e.